The summed E-state index contributed by atoms with van der Waals surface area (Å²) in [7, 11) is 0. The van der Waals surface area contributed by atoms with Crippen LogP contribution in [-0.2, 0) is 0 Å². The lowest BCUT2D eigenvalue weighted by Crippen LogP contribution is -2.46. The van der Waals surface area contributed by atoms with E-state index in [1.54, 1.807) is 38.2 Å². The summed E-state index contributed by atoms with van der Waals surface area (Å²) >= 11 is 6.03. The van der Waals surface area contributed by atoms with E-state index in [4.69, 9.17) is 16.7 Å². The van der Waals surface area contributed by atoms with Gasteiger partial charge in [0.1, 0.15) is 5.82 Å². The highest BCUT2D eigenvalue weighted by Gasteiger charge is 2.22. The van der Waals surface area contributed by atoms with Crippen molar-refractivity contribution in [1.29, 1.82) is 0 Å². The van der Waals surface area contributed by atoms with Crippen LogP contribution in [0.2, 0.25) is 5.02 Å². The maximum absolute atomic E-state index is 14.2. The van der Waals surface area contributed by atoms with Gasteiger partial charge in [-0.3, -0.25) is 9.78 Å². The number of nitrogens with one attached hydrogen (secondary N) is 1. The molecule has 0 fully saturated rings. The van der Waals surface area contributed by atoms with Gasteiger partial charge in [0.25, 0.3) is 5.91 Å². The number of aromatic nitrogens is 1. The number of amides is 1. The van der Waals surface area contributed by atoms with Crippen molar-refractivity contribution in [2.45, 2.75) is 19.4 Å². The monoisotopic (exact) mass is 322 g/mol. The van der Waals surface area contributed by atoms with E-state index in [0.29, 0.717) is 16.3 Å². The van der Waals surface area contributed by atoms with E-state index in [1.807, 2.05) is 0 Å². The van der Waals surface area contributed by atoms with Crippen molar-refractivity contribution in [3.63, 3.8) is 0 Å². The van der Waals surface area contributed by atoms with E-state index in [2.05, 4.69) is 10.3 Å². The normalized spacial score (nSPS) is 11.3. The molecule has 6 heteroatoms. The number of halogens is 2. The molecular weight excluding hydrogens is 307 g/mol. The molecule has 0 aliphatic heterocycles. The molecule has 0 saturated carbocycles. The predicted octanol–water partition coefficient (Wildman–Crippen LogP) is 3.04. The van der Waals surface area contributed by atoms with Gasteiger partial charge in [0.15, 0.2) is 0 Å². The zero-order valence-corrected chi connectivity index (χ0v) is 13.0. The van der Waals surface area contributed by atoms with Crippen molar-refractivity contribution < 1.29 is 14.3 Å². The first-order chi connectivity index (χ1) is 10.3. The van der Waals surface area contributed by atoms with E-state index < -0.39 is 17.3 Å². The van der Waals surface area contributed by atoms with Gasteiger partial charge in [0, 0.05) is 11.8 Å². The van der Waals surface area contributed by atoms with Gasteiger partial charge >= 0.3 is 0 Å². The van der Waals surface area contributed by atoms with Crippen LogP contribution >= 0.6 is 11.6 Å². The molecule has 4 nitrogen and oxygen atoms in total. The molecule has 0 saturated heterocycles. The topological polar surface area (TPSA) is 62.2 Å². The molecule has 2 N–H and O–H groups in total. The second-order valence-electron chi connectivity index (χ2n) is 5.52. The van der Waals surface area contributed by atoms with Crippen LogP contribution in [0.4, 0.5) is 4.39 Å². The molecule has 0 radical (unpaired) electrons. The summed E-state index contributed by atoms with van der Waals surface area (Å²) in [4.78, 5) is 16.2. The number of aliphatic hydroxyl groups is 1. The quantitative estimate of drug-likeness (QED) is 0.909. The van der Waals surface area contributed by atoms with E-state index in [0.717, 1.165) is 0 Å². The van der Waals surface area contributed by atoms with E-state index in [9.17, 15) is 9.18 Å². The number of pyridine rings is 1. The zero-order chi connectivity index (χ0) is 16.3. The van der Waals surface area contributed by atoms with Gasteiger partial charge in [-0.05, 0) is 38.1 Å². The van der Waals surface area contributed by atoms with Crippen molar-refractivity contribution >= 4 is 17.5 Å². The number of nitrogens with zero attached hydrogens (tertiary/aromatic N) is 1. The highest BCUT2D eigenvalue weighted by atomic mass is 35.5. The third-order valence-electron chi connectivity index (χ3n) is 3.09. The molecule has 0 aliphatic rings. The summed E-state index contributed by atoms with van der Waals surface area (Å²) in [6.07, 6.45) is 1.56. The van der Waals surface area contributed by atoms with Crippen LogP contribution in [0.1, 0.15) is 24.2 Å². The molecule has 2 aromatic rings. The lowest BCUT2D eigenvalue weighted by Gasteiger charge is -2.23. The maximum Gasteiger partial charge on any atom is 0.254 e. The van der Waals surface area contributed by atoms with Crippen LogP contribution in [0.25, 0.3) is 11.3 Å². The van der Waals surface area contributed by atoms with Crippen molar-refractivity contribution in [3.05, 3.63) is 52.9 Å². The van der Waals surface area contributed by atoms with Gasteiger partial charge in [-0.1, -0.05) is 17.7 Å². The number of carbonyl (C=O) groups excluding carboxylic acids is 1. The standard InChI is InChI=1S/C16H16ClFN2O2/c1-16(2,9-21)20-15(22)11-6-5-10(8-13(11)18)14-12(17)4-3-7-19-14/h3-8,21H,9H2,1-2H3,(H,20,22). The predicted molar refractivity (Wildman–Crippen MR) is 83.3 cm³/mol. The highest BCUT2D eigenvalue weighted by molar-refractivity contribution is 6.33. The average molecular weight is 323 g/mol. The first-order valence-electron chi connectivity index (χ1n) is 6.68. The Morgan fingerprint density at radius 2 is 2.14 bits per heavy atom. The SMILES string of the molecule is CC(C)(CO)NC(=O)c1ccc(-c2ncccc2Cl)cc1F. The molecule has 1 heterocycles. The van der Waals surface area contributed by atoms with Crippen molar-refractivity contribution in [2.75, 3.05) is 6.61 Å². The molecule has 1 aromatic carbocycles. The Bertz CT molecular complexity index is 704. The second-order valence-corrected chi connectivity index (χ2v) is 5.93. The minimum Gasteiger partial charge on any atom is -0.394 e. The Balaban J connectivity index is 2.31. The molecule has 0 spiro atoms. The second kappa shape index (κ2) is 6.42. The van der Waals surface area contributed by atoms with Crippen LogP contribution in [0, 0.1) is 5.82 Å². The van der Waals surface area contributed by atoms with Crippen LogP contribution in [0.3, 0.4) is 0 Å². The van der Waals surface area contributed by atoms with Crippen molar-refractivity contribution in [3.8, 4) is 11.3 Å². The molecule has 1 aromatic heterocycles. The number of aliphatic hydroxyl groups excluding tert-OH is 1. The minimum atomic E-state index is -0.827. The van der Waals surface area contributed by atoms with Crippen LogP contribution in [0.5, 0.6) is 0 Å². The largest absolute Gasteiger partial charge is 0.394 e. The number of carbonyl (C=O) groups is 1. The fourth-order valence-corrected chi connectivity index (χ4v) is 2.09. The highest BCUT2D eigenvalue weighted by Crippen LogP contribution is 2.26. The molecule has 22 heavy (non-hydrogen) atoms. The Kier molecular flexibility index (Phi) is 4.78. The summed E-state index contributed by atoms with van der Waals surface area (Å²) in [5.74, 6) is -1.26. The molecule has 116 valence electrons. The van der Waals surface area contributed by atoms with Gasteiger partial charge in [0.2, 0.25) is 0 Å². The van der Waals surface area contributed by atoms with Gasteiger partial charge in [-0.25, -0.2) is 4.39 Å². The number of hydrogen-bond acceptors (Lipinski definition) is 3. The maximum atomic E-state index is 14.2. The molecule has 1 amide bonds. The van der Waals surface area contributed by atoms with E-state index in [1.165, 1.54) is 12.1 Å². The summed E-state index contributed by atoms with van der Waals surface area (Å²) in [5, 5.41) is 12.1. The average Bonchev–Trinajstić information content (AvgIpc) is 2.47. The van der Waals surface area contributed by atoms with Crippen LogP contribution in [-0.4, -0.2) is 28.1 Å². The Labute approximate surface area is 133 Å². The molecule has 0 aliphatic carbocycles. The molecule has 0 bridgehead atoms. The fraction of sp³-hybridized carbons (Fsp3) is 0.250. The molecule has 2 rings (SSSR count). The third kappa shape index (κ3) is 3.61. The lowest BCUT2D eigenvalue weighted by atomic mass is 10.0. The first-order valence-corrected chi connectivity index (χ1v) is 7.06. The van der Waals surface area contributed by atoms with E-state index in [-0.39, 0.29) is 12.2 Å². The van der Waals surface area contributed by atoms with Crippen molar-refractivity contribution in [1.82, 2.24) is 10.3 Å². The number of benzene rings is 1. The van der Waals surface area contributed by atoms with E-state index >= 15 is 0 Å². The molecular formula is C16H16ClFN2O2. The summed E-state index contributed by atoms with van der Waals surface area (Å²) in [6, 6.07) is 7.51. The fourth-order valence-electron chi connectivity index (χ4n) is 1.86. The van der Waals surface area contributed by atoms with Crippen molar-refractivity contribution in [2.24, 2.45) is 0 Å². The Morgan fingerprint density at radius 3 is 2.73 bits per heavy atom. The summed E-state index contributed by atoms with van der Waals surface area (Å²) in [6.45, 7) is 3.04. The van der Waals surface area contributed by atoms with Gasteiger partial charge in [-0.15, -0.1) is 0 Å². The van der Waals surface area contributed by atoms with Gasteiger partial charge in [0.05, 0.1) is 28.4 Å². The van der Waals surface area contributed by atoms with Crippen LogP contribution in [0.15, 0.2) is 36.5 Å². The number of rotatable bonds is 4. The molecule has 0 unspecified atom stereocenters. The Morgan fingerprint density at radius 1 is 1.41 bits per heavy atom. The van der Waals surface area contributed by atoms with Gasteiger partial charge in [-0.2, -0.15) is 0 Å². The zero-order valence-electron chi connectivity index (χ0n) is 12.2. The minimum absolute atomic E-state index is 0.0997. The number of hydrogen-bond donors (Lipinski definition) is 2. The lowest BCUT2D eigenvalue weighted by molar-refractivity contribution is 0.0865. The smallest absolute Gasteiger partial charge is 0.254 e. The Hall–Kier alpha value is -1.98. The summed E-state index contributed by atoms with van der Waals surface area (Å²) in [5.41, 5.74) is 0.0102. The molecule has 0 atom stereocenters. The van der Waals surface area contributed by atoms with Gasteiger partial charge < -0.3 is 10.4 Å². The summed E-state index contributed by atoms with van der Waals surface area (Å²) < 4.78 is 14.2. The third-order valence-corrected chi connectivity index (χ3v) is 3.40. The van der Waals surface area contributed by atoms with Crippen LogP contribution < -0.4 is 5.32 Å². The first kappa shape index (κ1) is 16.4.